The zero-order chi connectivity index (χ0) is 19.1. The third kappa shape index (κ3) is 7.19. The van der Waals surface area contributed by atoms with Crippen LogP contribution in [0.15, 0.2) is 29.3 Å². The van der Waals surface area contributed by atoms with Gasteiger partial charge in [-0.15, -0.1) is 24.0 Å². The lowest BCUT2D eigenvalue weighted by molar-refractivity contribution is 0.266. The fourth-order valence-corrected chi connectivity index (χ4v) is 4.17. The largest absolute Gasteiger partial charge is 0.352 e. The molecule has 1 aromatic carbocycles. The summed E-state index contributed by atoms with van der Waals surface area (Å²) in [4.78, 5) is 11.9. The van der Waals surface area contributed by atoms with Crippen LogP contribution in [0.2, 0.25) is 0 Å². The maximum Gasteiger partial charge on any atom is 0.193 e. The Morgan fingerprint density at radius 1 is 1.04 bits per heavy atom. The first-order valence-corrected chi connectivity index (χ1v) is 10.6. The van der Waals surface area contributed by atoms with Crippen LogP contribution in [0.3, 0.4) is 0 Å². The molecule has 2 aliphatic rings. The maximum absolute atomic E-state index is 4.49. The molecule has 2 saturated heterocycles. The van der Waals surface area contributed by atoms with E-state index in [2.05, 4.69) is 63.2 Å². The number of hydrogen-bond donors (Lipinski definition) is 1. The molecule has 0 aromatic heterocycles. The summed E-state index contributed by atoms with van der Waals surface area (Å²) >= 11 is 0. The van der Waals surface area contributed by atoms with Gasteiger partial charge >= 0.3 is 0 Å². The molecule has 2 aliphatic heterocycles. The van der Waals surface area contributed by atoms with Crippen molar-refractivity contribution in [2.75, 3.05) is 53.4 Å². The fourth-order valence-electron chi connectivity index (χ4n) is 4.17. The van der Waals surface area contributed by atoms with E-state index in [9.17, 15) is 0 Å². The summed E-state index contributed by atoms with van der Waals surface area (Å²) in [6.45, 7) is 11.2. The van der Waals surface area contributed by atoms with Crippen LogP contribution >= 0.6 is 24.0 Å². The van der Waals surface area contributed by atoms with Crippen molar-refractivity contribution in [3.05, 3.63) is 35.4 Å². The molecule has 1 unspecified atom stereocenters. The number of likely N-dealkylation sites (N-methyl/N-ethyl adjacent to an activating group) is 1. The molecule has 2 heterocycles. The van der Waals surface area contributed by atoms with Gasteiger partial charge in [0.05, 0.1) is 0 Å². The number of piperidine rings is 1. The molecule has 28 heavy (non-hydrogen) atoms. The second kappa shape index (κ2) is 12.0. The Hall–Kier alpha value is -0.860. The van der Waals surface area contributed by atoms with Crippen molar-refractivity contribution in [2.45, 2.75) is 39.3 Å². The first-order valence-electron chi connectivity index (χ1n) is 10.6. The van der Waals surface area contributed by atoms with Gasteiger partial charge in [0, 0.05) is 46.3 Å². The highest BCUT2D eigenvalue weighted by Gasteiger charge is 2.19. The van der Waals surface area contributed by atoms with Crippen LogP contribution in [0.5, 0.6) is 0 Å². The lowest BCUT2D eigenvalue weighted by Gasteiger charge is -2.33. The van der Waals surface area contributed by atoms with E-state index in [1.165, 1.54) is 56.6 Å². The van der Waals surface area contributed by atoms with E-state index in [4.69, 9.17) is 0 Å². The zero-order valence-electron chi connectivity index (χ0n) is 17.9. The summed E-state index contributed by atoms with van der Waals surface area (Å²) in [7, 11) is 4.12. The Morgan fingerprint density at radius 3 is 2.50 bits per heavy atom. The number of guanidine groups is 1. The number of hydrogen-bond acceptors (Lipinski definition) is 3. The van der Waals surface area contributed by atoms with E-state index in [1.807, 2.05) is 7.05 Å². The molecule has 0 spiro atoms. The van der Waals surface area contributed by atoms with Gasteiger partial charge in [0.25, 0.3) is 0 Å². The van der Waals surface area contributed by atoms with Gasteiger partial charge in [0.2, 0.25) is 0 Å². The third-order valence-electron chi connectivity index (χ3n) is 5.86. The summed E-state index contributed by atoms with van der Waals surface area (Å²) in [6, 6.07) is 9.10. The zero-order valence-corrected chi connectivity index (χ0v) is 20.2. The number of likely N-dealkylation sites (tertiary alicyclic amines) is 1. The van der Waals surface area contributed by atoms with Gasteiger partial charge in [-0.3, -0.25) is 9.89 Å². The SMILES string of the molecule is CN=C(NCc1ccc(CN2CCCN(C)CC2)cc1)N1CCCC(C)C1.I. The minimum absolute atomic E-state index is 0. The first kappa shape index (κ1) is 23.4. The van der Waals surface area contributed by atoms with Gasteiger partial charge in [-0.2, -0.15) is 0 Å². The Bertz CT molecular complexity index is 603. The standard InChI is InChI=1S/C22H37N5.HI/c1-19-6-4-13-27(17-19)22(23-2)24-16-20-7-9-21(10-8-20)18-26-12-5-11-25(3)14-15-26;/h7-10,19H,4-6,11-18H2,1-3H3,(H,23,24);1H. The van der Waals surface area contributed by atoms with Crippen molar-refractivity contribution in [2.24, 2.45) is 10.9 Å². The molecule has 1 aromatic rings. The lowest BCUT2D eigenvalue weighted by Crippen LogP contribution is -2.45. The Kier molecular flexibility index (Phi) is 10.0. The van der Waals surface area contributed by atoms with E-state index < -0.39 is 0 Å². The summed E-state index contributed by atoms with van der Waals surface area (Å²) < 4.78 is 0. The topological polar surface area (TPSA) is 34.1 Å². The van der Waals surface area contributed by atoms with Gasteiger partial charge in [0.1, 0.15) is 0 Å². The van der Waals surface area contributed by atoms with Gasteiger partial charge < -0.3 is 15.1 Å². The highest BCUT2D eigenvalue weighted by Crippen LogP contribution is 2.16. The number of halogens is 1. The minimum Gasteiger partial charge on any atom is -0.352 e. The van der Waals surface area contributed by atoms with Crippen molar-refractivity contribution in [3.63, 3.8) is 0 Å². The van der Waals surface area contributed by atoms with Crippen LogP contribution in [0.4, 0.5) is 0 Å². The Balaban J connectivity index is 0.00000280. The molecule has 0 saturated carbocycles. The normalized spacial score (nSPS) is 22.5. The van der Waals surface area contributed by atoms with E-state index in [0.717, 1.165) is 38.1 Å². The predicted octanol–water partition coefficient (Wildman–Crippen LogP) is 3.25. The van der Waals surface area contributed by atoms with Crippen molar-refractivity contribution in [3.8, 4) is 0 Å². The predicted molar refractivity (Wildman–Crippen MR) is 129 cm³/mol. The Morgan fingerprint density at radius 2 is 1.79 bits per heavy atom. The molecule has 1 atom stereocenters. The van der Waals surface area contributed by atoms with Crippen LogP contribution in [0.25, 0.3) is 0 Å². The second-order valence-electron chi connectivity index (χ2n) is 8.34. The smallest absolute Gasteiger partial charge is 0.193 e. The molecule has 0 bridgehead atoms. The number of nitrogens with zero attached hydrogens (tertiary/aromatic N) is 4. The van der Waals surface area contributed by atoms with Crippen molar-refractivity contribution in [1.82, 2.24) is 20.0 Å². The molecule has 3 rings (SSSR count). The average Bonchev–Trinajstić information content (AvgIpc) is 2.88. The quantitative estimate of drug-likeness (QED) is 0.392. The molecular weight excluding hydrogens is 461 g/mol. The summed E-state index contributed by atoms with van der Waals surface area (Å²) in [5.41, 5.74) is 2.73. The first-order chi connectivity index (χ1) is 13.1. The van der Waals surface area contributed by atoms with E-state index in [0.29, 0.717) is 0 Å². The second-order valence-corrected chi connectivity index (χ2v) is 8.34. The number of aliphatic imine (C=N–C) groups is 1. The maximum atomic E-state index is 4.49. The van der Waals surface area contributed by atoms with Crippen LogP contribution < -0.4 is 5.32 Å². The van der Waals surface area contributed by atoms with Crippen LogP contribution in [0, 0.1) is 5.92 Å². The van der Waals surface area contributed by atoms with Gasteiger partial charge in [0.15, 0.2) is 5.96 Å². The number of benzene rings is 1. The van der Waals surface area contributed by atoms with E-state index in [-0.39, 0.29) is 24.0 Å². The van der Waals surface area contributed by atoms with Crippen molar-refractivity contribution in [1.29, 1.82) is 0 Å². The highest BCUT2D eigenvalue weighted by molar-refractivity contribution is 14.0. The van der Waals surface area contributed by atoms with Crippen molar-refractivity contribution < 1.29 is 0 Å². The summed E-state index contributed by atoms with van der Waals surface area (Å²) in [5.74, 6) is 1.80. The number of rotatable bonds is 4. The van der Waals surface area contributed by atoms with Crippen LogP contribution in [0.1, 0.15) is 37.3 Å². The molecule has 0 aliphatic carbocycles. The molecule has 5 nitrogen and oxygen atoms in total. The van der Waals surface area contributed by atoms with E-state index in [1.54, 1.807) is 0 Å². The lowest BCUT2D eigenvalue weighted by atomic mass is 10.0. The monoisotopic (exact) mass is 499 g/mol. The van der Waals surface area contributed by atoms with Gasteiger partial charge in [-0.25, -0.2) is 0 Å². The summed E-state index contributed by atoms with van der Waals surface area (Å²) in [5, 5.41) is 3.55. The Labute approximate surface area is 188 Å². The molecule has 6 heteroatoms. The molecule has 2 fully saturated rings. The number of nitrogens with one attached hydrogen (secondary N) is 1. The molecule has 158 valence electrons. The third-order valence-corrected chi connectivity index (χ3v) is 5.86. The molecule has 0 radical (unpaired) electrons. The molecular formula is C22H38IN5. The molecule has 1 N–H and O–H groups in total. The molecule has 0 amide bonds. The van der Waals surface area contributed by atoms with Crippen molar-refractivity contribution >= 4 is 29.9 Å². The minimum atomic E-state index is 0. The average molecular weight is 499 g/mol. The fraction of sp³-hybridized carbons (Fsp3) is 0.682. The van der Waals surface area contributed by atoms with Crippen LogP contribution in [-0.2, 0) is 13.1 Å². The summed E-state index contributed by atoms with van der Waals surface area (Å²) in [6.07, 6.45) is 3.87. The van der Waals surface area contributed by atoms with Gasteiger partial charge in [-0.05, 0) is 56.4 Å². The highest BCUT2D eigenvalue weighted by atomic mass is 127. The van der Waals surface area contributed by atoms with Crippen LogP contribution in [-0.4, -0.2) is 74.0 Å². The van der Waals surface area contributed by atoms with E-state index >= 15 is 0 Å². The van der Waals surface area contributed by atoms with Gasteiger partial charge in [-0.1, -0.05) is 31.2 Å².